The Morgan fingerprint density at radius 1 is 0.500 bits per heavy atom. The number of carbonyl (C=O) groups is 1. The monoisotopic (exact) mass is 776 g/mol. The average molecular weight is 777 g/mol. The summed E-state index contributed by atoms with van der Waals surface area (Å²) in [5.41, 5.74) is 21.1. The molecule has 1 unspecified atom stereocenters. The fourth-order valence-electron chi connectivity index (χ4n) is 8.99. The number of carbonyl (C=O) groups excluding carboxylic acids is 1. The molecule has 0 saturated carbocycles. The highest BCUT2D eigenvalue weighted by Crippen LogP contribution is 2.50. The number of nitrogens with zero attached hydrogens (tertiary/aromatic N) is 1. The van der Waals surface area contributed by atoms with Crippen LogP contribution in [-0.2, 0) is 11.2 Å². The van der Waals surface area contributed by atoms with Crippen molar-refractivity contribution in [2.24, 2.45) is 0 Å². The molecule has 8 aromatic rings. The number of hydrogen-bond acceptors (Lipinski definition) is 2. The van der Waals surface area contributed by atoms with Crippen LogP contribution in [0.25, 0.3) is 55.6 Å². The Morgan fingerprint density at radius 2 is 0.950 bits per heavy atom. The van der Waals surface area contributed by atoms with Crippen LogP contribution in [0.5, 0.6) is 0 Å². The maximum Gasteiger partial charge on any atom is 0.250 e. The molecule has 0 spiro atoms. The van der Waals surface area contributed by atoms with Crippen LogP contribution in [0.4, 0.5) is 22.7 Å². The summed E-state index contributed by atoms with van der Waals surface area (Å²) in [6.07, 6.45) is 2.00. The Kier molecular flexibility index (Phi) is 10.6. The van der Waals surface area contributed by atoms with Gasteiger partial charge in [0.25, 0.3) is 5.91 Å². The number of nitrogens with one attached hydrogen (secondary N) is 1. The summed E-state index contributed by atoms with van der Waals surface area (Å²) in [7, 11) is 0. The molecule has 9 rings (SSSR count). The lowest BCUT2D eigenvalue weighted by Crippen LogP contribution is -2.11. The predicted octanol–water partition coefficient (Wildman–Crippen LogP) is 15.4. The van der Waals surface area contributed by atoms with E-state index in [-0.39, 0.29) is 5.91 Å². The molecule has 0 fully saturated rings. The standard InChI is InChI=1S/C57H48N2O/c1-5-48-50(41-14-8-7-9-15-41)18-12-19-51(48)42-26-34-46(35-27-42)59(45-32-24-40(25-33-45)39-22-30-44(31-23-39)58-57(60)38(3)4)47-36-28-43(29-37-47)52-20-13-21-55-54-17-11-10-16-53(54)49(6-2)56(52)55/h7-37,49H,3,5-6H2,1-2,4H3,(H,58,60). The van der Waals surface area contributed by atoms with Gasteiger partial charge in [0.15, 0.2) is 0 Å². The minimum Gasteiger partial charge on any atom is -0.322 e. The Labute approximate surface area is 354 Å². The van der Waals surface area contributed by atoms with Crippen LogP contribution in [0.1, 0.15) is 49.8 Å². The Hall–Kier alpha value is -7.23. The molecule has 1 N–H and O–H groups in total. The van der Waals surface area contributed by atoms with E-state index in [2.05, 4.69) is 194 Å². The third-order valence-corrected chi connectivity index (χ3v) is 12.0. The van der Waals surface area contributed by atoms with Crippen LogP contribution in [0.15, 0.2) is 200 Å². The zero-order chi connectivity index (χ0) is 41.2. The molecule has 0 aromatic heterocycles. The summed E-state index contributed by atoms with van der Waals surface area (Å²) in [6.45, 7) is 10.0. The van der Waals surface area contributed by atoms with Crippen molar-refractivity contribution in [3.8, 4) is 55.6 Å². The van der Waals surface area contributed by atoms with Gasteiger partial charge in [-0.1, -0.05) is 160 Å². The third kappa shape index (κ3) is 7.24. The van der Waals surface area contributed by atoms with E-state index in [0.29, 0.717) is 11.5 Å². The third-order valence-electron chi connectivity index (χ3n) is 12.0. The summed E-state index contributed by atoms with van der Waals surface area (Å²) >= 11 is 0. The molecule has 1 aliphatic rings. The van der Waals surface area contributed by atoms with Gasteiger partial charge in [0.2, 0.25) is 0 Å². The van der Waals surface area contributed by atoms with E-state index in [4.69, 9.17) is 0 Å². The van der Waals surface area contributed by atoms with Gasteiger partial charge in [0.05, 0.1) is 0 Å². The molecule has 1 aliphatic carbocycles. The van der Waals surface area contributed by atoms with Gasteiger partial charge >= 0.3 is 0 Å². The van der Waals surface area contributed by atoms with Crippen LogP contribution in [0, 0.1) is 0 Å². The first-order chi connectivity index (χ1) is 29.4. The first-order valence-corrected chi connectivity index (χ1v) is 21.0. The Bertz CT molecular complexity index is 2820. The highest BCUT2D eigenvalue weighted by Gasteiger charge is 2.29. The summed E-state index contributed by atoms with van der Waals surface area (Å²) in [5.74, 6) is 0.205. The molecule has 0 bridgehead atoms. The summed E-state index contributed by atoms with van der Waals surface area (Å²) in [5, 5.41) is 2.90. The lowest BCUT2D eigenvalue weighted by atomic mass is 9.88. The minimum atomic E-state index is -0.178. The number of rotatable bonds is 11. The molecule has 3 nitrogen and oxygen atoms in total. The van der Waals surface area contributed by atoms with Crippen LogP contribution in [-0.4, -0.2) is 5.91 Å². The molecule has 0 aliphatic heterocycles. The van der Waals surface area contributed by atoms with Gasteiger partial charge in [-0.3, -0.25) is 4.79 Å². The van der Waals surface area contributed by atoms with Crippen molar-refractivity contribution >= 4 is 28.7 Å². The smallest absolute Gasteiger partial charge is 0.250 e. The molecular weight excluding hydrogens is 729 g/mol. The zero-order valence-electron chi connectivity index (χ0n) is 34.5. The minimum absolute atomic E-state index is 0.178. The maximum absolute atomic E-state index is 12.2. The first-order valence-electron chi connectivity index (χ1n) is 21.0. The lowest BCUT2D eigenvalue weighted by molar-refractivity contribution is -0.112. The molecule has 0 radical (unpaired) electrons. The van der Waals surface area contributed by atoms with Gasteiger partial charge in [0, 0.05) is 34.2 Å². The van der Waals surface area contributed by atoms with E-state index >= 15 is 0 Å². The number of benzene rings is 8. The van der Waals surface area contributed by atoms with Crippen molar-refractivity contribution in [3.05, 3.63) is 217 Å². The summed E-state index contributed by atoms with van der Waals surface area (Å²) in [4.78, 5) is 14.5. The predicted molar refractivity (Wildman–Crippen MR) is 253 cm³/mol. The Morgan fingerprint density at radius 3 is 1.50 bits per heavy atom. The zero-order valence-corrected chi connectivity index (χ0v) is 34.5. The second-order valence-corrected chi connectivity index (χ2v) is 15.7. The lowest BCUT2D eigenvalue weighted by Gasteiger charge is -2.26. The van der Waals surface area contributed by atoms with Crippen molar-refractivity contribution < 1.29 is 4.79 Å². The van der Waals surface area contributed by atoms with Crippen LogP contribution in [0.2, 0.25) is 0 Å². The highest BCUT2D eigenvalue weighted by molar-refractivity contribution is 6.03. The van der Waals surface area contributed by atoms with Gasteiger partial charge in [0.1, 0.15) is 0 Å². The molecule has 8 aromatic carbocycles. The maximum atomic E-state index is 12.2. The van der Waals surface area contributed by atoms with E-state index in [1.807, 2.05) is 24.3 Å². The summed E-state index contributed by atoms with van der Waals surface area (Å²) in [6, 6.07) is 67.8. The molecule has 0 heterocycles. The van der Waals surface area contributed by atoms with E-state index in [1.54, 1.807) is 6.92 Å². The van der Waals surface area contributed by atoms with E-state index < -0.39 is 0 Å². The quantitative estimate of drug-likeness (QED) is 0.133. The molecule has 292 valence electrons. The van der Waals surface area contributed by atoms with E-state index in [0.717, 1.165) is 46.7 Å². The van der Waals surface area contributed by atoms with Crippen LogP contribution < -0.4 is 10.2 Å². The number of amides is 1. The fourth-order valence-corrected chi connectivity index (χ4v) is 8.99. The van der Waals surface area contributed by atoms with Gasteiger partial charge in [-0.25, -0.2) is 0 Å². The summed E-state index contributed by atoms with van der Waals surface area (Å²) < 4.78 is 0. The molecule has 1 amide bonds. The van der Waals surface area contributed by atoms with Crippen LogP contribution in [0.3, 0.4) is 0 Å². The first kappa shape index (κ1) is 38.3. The second-order valence-electron chi connectivity index (χ2n) is 15.7. The molecule has 1 atom stereocenters. The largest absolute Gasteiger partial charge is 0.322 e. The van der Waals surface area contributed by atoms with Gasteiger partial charge in [-0.2, -0.15) is 0 Å². The van der Waals surface area contributed by atoms with Crippen LogP contribution >= 0.6 is 0 Å². The molecule has 3 heteroatoms. The number of anilines is 4. The van der Waals surface area contributed by atoms with Crippen molar-refractivity contribution in [3.63, 3.8) is 0 Å². The van der Waals surface area contributed by atoms with Crippen molar-refractivity contribution in [1.29, 1.82) is 0 Å². The van der Waals surface area contributed by atoms with Gasteiger partial charge < -0.3 is 10.2 Å². The molecule has 0 saturated heterocycles. The van der Waals surface area contributed by atoms with Gasteiger partial charge in [-0.05, 0) is 141 Å². The van der Waals surface area contributed by atoms with Gasteiger partial charge in [-0.15, -0.1) is 0 Å². The topological polar surface area (TPSA) is 32.3 Å². The molecular formula is C57H48N2O. The number of hydrogen-bond donors (Lipinski definition) is 1. The van der Waals surface area contributed by atoms with Crippen molar-refractivity contribution in [2.45, 2.75) is 39.5 Å². The molecule has 60 heavy (non-hydrogen) atoms. The average Bonchev–Trinajstić information content (AvgIpc) is 3.64. The Balaban J connectivity index is 1.08. The second kappa shape index (κ2) is 16.6. The van der Waals surface area contributed by atoms with E-state index in [1.165, 1.54) is 61.2 Å². The SMILES string of the molecule is C=C(C)C(=O)Nc1ccc(-c2ccc(N(c3ccc(-c4cccc(-c5ccccc5)c4CC)cc3)c3ccc(-c4cccc5c4C(CC)c4ccccc4-5)cc3)cc2)cc1. The van der Waals surface area contributed by atoms with Crippen molar-refractivity contribution in [1.82, 2.24) is 0 Å². The number of fused-ring (bicyclic) bond motifs is 3. The van der Waals surface area contributed by atoms with Crippen molar-refractivity contribution in [2.75, 3.05) is 10.2 Å². The normalized spacial score (nSPS) is 12.7. The van der Waals surface area contributed by atoms with E-state index in [9.17, 15) is 4.79 Å². The fraction of sp³-hybridized carbons (Fsp3) is 0.105. The highest BCUT2D eigenvalue weighted by atomic mass is 16.1.